The Morgan fingerprint density at radius 2 is 1.56 bits per heavy atom. The average molecular weight is 217 g/mol. The van der Waals surface area contributed by atoms with Crippen molar-refractivity contribution in [1.82, 2.24) is 25.1 Å². The van der Waals surface area contributed by atoms with Crippen molar-refractivity contribution in [2.75, 3.05) is 11.5 Å². The minimum atomic E-state index is 0.0939. The van der Waals surface area contributed by atoms with Crippen molar-refractivity contribution in [2.45, 2.75) is 13.8 Å². The third-order valence-corrected chi connectivity index (χ3v) is 2.01. The molecule has 7 heteroatoms. The van der Waals surface area contributed by atoms with Gasteiger partial charge in [0.15, 0.2) is 5.82 Å². The molecule has 16 heavy (non-hydrogen) atoms. The molecule has 0 aromatic carbocycles. The molecule has 0 fully saturated rings. The first-order chi connectivity index (χ1) is 7.56. The number of nitrogens with two attached hydrogens (primary N) is 2. The van der Waals surface area contributed by atoms with Gasteiger partial charge in [-0.1, -0.05) is 0 Å². The summed E-state index contributed by atoms with van der Waals surface area (Å²) >= 11 is 0. The van der Waals surface area contributed by atoms with E-state index in [1.54, 1.807) is 0 Å². The van der Waals surface area contributed by atoms with Crippen LogP contribution in [-0.4, -0.2) is 25.1 Å². The first-order valence-corrected chi connectivity index (χ1v) is 4.64. The van der Waals surface area contributed by atoms with Gasteiger partial charge in [-0.15, -0.1) is 0 Å². The highest BCUT2D eigenvalue weighted by Gasteiger charge is 2.09. The highest BCUT2D eigenvalue weighted by atomic mass is 15.1. The first-order valence-electron chi connectivity index (χ1n) is 4.64. The Labute approximate surface area is 92.0 Å². The van der Waals surface area contributed by atoms with Crippen molar-refractivity contribution >= 4 is 11.9 Å². The van der Waals surface area contributed by atoms with Gasteiger partial charge in [-0.3, -0.25) is 0 Å². The minimum absolute atomic E-state index is 0.0939. The molecule has 2 heterocycles. The zero-order valence-corrected chi connectivity index (χ0v) is 8.97. The second kappa shape index (κ2) is 3.69. The zero-order chi connectivity index (χ0) is 11.7. The first kappa shape index (κ1) is 10.2. The lowest BCUT2D eigenvalue weighted by atomic mass is 10.2. The van der Waals surface area contributed by atoms with Crippen LogP contribution in [0.4, 0.5) is 11.9 Å². The fraction of sp³-hybridized carbons (Fsp3) is 0.222. The molecule has 0 radical (unpaired) electrons. The highest BCUT2D eigenvalue weighted by molar-refractivity contribution is 5.59. The summed E-state index contributed by atoms with van der Waals surface area (Å²) in [7, 11) is 0. The molecule has 82 valence electrons. The predicted octanol–water partition coefficient (Wildman–Crippen LogP) is 0.110. The maximum atomic E-state index is 5.51. The van der Waals surface area contributed by atoms with Crippen LogP contribution in [0.15, 0.2) is 6.07 Å². The number of nitrogens with zero attached hydrogens (tertiary/aromatic N) is 5. The second-order valence-corrected chi connectivity index (χ2v) is 3.36. The SMILES string of the molecule is Cc1cc(-c2nc(N)nc(N)n2)c(C)nn1. The normalized spacial score (nSPS) is 10.4. The molecule has 0 aliphatic carbocycles. The molecule has 0 atom stereocenters. The fourth-order valence-corrected chi connectivity index (χ4v) is 1.31. The summed E-state index contributed by atoms with van der Waals surface area (Å²) in [5.41, 5.74) is 13.3. The van der Waals surface area contributed by atoms with Crippen LogP contribution in [0.25, 0.3) is 11.4 Å². The number of nitrogen functional groups attached to an aromatic ring is 2. The second-order valence-electron chi connectivity index (χ2n) is 3.36. The van der Waals surface area contributed by atoms with Gasteiger partial charge in [-0.05, 0) is 19.9 Å². The molecule has 0 aliphatic rings. The zero-order valence-electron chi connectivity index (χ0n) is 8.97. The van der Waals surface area contributed by atoms with Crippen molar-refractivity contribution in [2.24, 2.45) is 0 Å². The number of hydrogen-bond acceptors (Lipinski definition) is 7. The summed E-state index contributed by atoms with van der Waals surface area (Å²) in [4.78, 5) is 11.7. The number of rotatable bonds is 1. The van der Waals surface area contributed by atoms with Crippen LogP contribution in [0.3, 0.4) is 0 Å². The van der Waals surface area contributed by atoms with Crippen LogP contribution in [-0.2, 0) is 0 Å². The fourth-order valence-electron chi connectivity index (χ4n) is 1.31. The van der Waals surface area contributed by atoms with Gasteiger partial charge in [0.25, 0.3) is 0 Å². The summed E-state index contributed by atoms with van der Waals surface area (Å²) in [6, 6.07) is 1.83. The third-order valence-electron chi connectivity index (χ3n) is 2.01. The Kier molecular flexibility index (Phi) is 2.35. The Morgan fingerprint density at radius 3 is 2.19 bits per heavy atom. The standard InChI is InChI=1S/C9H11N7/c1-4-3-6(5(2)16-15-4)7-12-8(10)14-9(11)13-7/h3H,1-2H3,(H4,10,11,12,13,14). The Bertz CT molecular complexity index is 517. The van der Waals surface area contributed by atoms with E-state index in [0.717, 1.165) is 17.0 Å². The molecule has 0 saturated carbocycles. The van der Waals surface area contributed by atoms with E-state index < -0.39 is 0 Å². The summed E-state index contributed by atoms with van der Waals surface area (Å²) in [6.07, 6.45) is 0. The number of aryl methyl sites for hydroxylation is 2. The van der Waals surface area contributed by atoms with Crippen molar-refractivity contribution < 1.29 is 0 Å². The largest absolute Gasteiger partial charge is 0.368 e. The average Bonchev–Trinajstić information content (AvgIpc) is 2.20. The highest BCUT2D eigenvalue weighted by Crippen LogP contribution is 2.19. The third kappa shape index (κ3) is 1.88. The van der Waals surface area contributed by atoms with E-state index in [9.17, 15) is 0 Å². The number of aromatic nitrogens is 5. The van der Waals surface area contributed by atoms with Gasteiger partial charge in [0, 0.05) is 5.56 Å². The van der Waals surface area contributed by atoms with E-state index in [1.807, 2.05) is 19.9 Å². The molecule has 0 spiro atoms. The summed E-state index contributed by atoms with van der Waals surface area (Å²) in [5, 5.41) is 7.91. The molecule has 2 aromatic heterocycles. The number of hydrogen-bond donors (Lipinski definition) is 2. The molecule has 7 nitrogen and oxygen atoms in total. The molecule has 0 bridgehead atoms. The van der Waals surface area contributed by atoms with Gasteiger partial charge < -0.3 is 11.5 Å². The molecule has 0 unspecified atom stereocenters. The quantitative estimate of drug-likeness (QED) is 0.696. The van der Waals surface area contributed by atoms with Gasteiger partial charge in [-0.2, -0.15) is 25.1 Å². The van der Waals surface area contributed by atoms with Gasteiger partial charge in [-0.25, -0.2) is 0 Å². The van der Waals surface area contributed by atoms with Crippen LogP contribution in [0.2, 0.25) is 0 Å². The molecule has 2 aromatic rings. The van der Waals surface area contributed by atoms with E-state index in [2.05, 4.69) is 25.1 Å². The molecule has 2 rings (SSSR count). The van der Waals surface area contributed by atoms with Crippen molar-refractivity contribution in [1.29, 1.82) is 0 Å². The lowest BCUT2D eigenvalue weighted by Crippen LogP contribution is -2.05. The van der Waals surface area contributed by atoms with E-state index in [-0.39, 0.29) is 11.9 Å². The van der Waals surface area contributed by atoms with Crippen LogP contribution in [0.1, 0.15) is 11.4 Å². The van der Waals surface area contributed by atoms with E-state index >= 15 is 0 Å². The van der Waals surface area contributed by atoms with Gasteiger partial charge in [0.2, 0.25) is 11.9 Å². The van der Waals surface area contributed by atoms with Gasteiger partial charge in [0.05, 0.1) is 11.4 Å². The Morgan fingerprint density at radius 1 is 0.938 bits per heavy atom. The smallest absolute Gasteiger partial charge is 0.225 e. The van der Waals surface area contributed by atoms with Gasteiger partial charge in [0.1, 0.15) is 0 Å². The maximum absolute atomic E-state index is 5.51. The Hall–Kier alpha value is -2.31. The molecular weight excluding hydrogens is 206 g/mol. The summed E-state index contributed by atoms with van der Waals surface area (Å²) < 4.78 is 0. The van der Waals surface area contributed by atoms with Gasteiger partial charge >= 0.3 is 0 Å². The summed E-state index contributed by atoms with van der Waals surface area (Å²) in [6.45, 7) is 3.65. The van der Waals surface area contributed by atoms with Crippen LogP contribution >= 0.6 is 0 Å². The monoisotopic (exact) mass is 217 g/mol. The number of anilines is 2. The van der Waals surface area contributed by atoms with Crippen molar-refractivity contribution in [3.63, 3.8) is 0 Å². The van der Waals surface area contributed by atoms with Crippen molar-refractivity contribution in [3.8, 4) is 11.4 Å². The molecule has 0 amide bonds. The lowest BCUT2D eigenvalue weighted by molar-refractivity contribution is 0.936. The Balaban J connectivity index is 2.62. The molecule has 0 aliphatic heterocycles. The van der Waals surface area contributed by atoms with E-state index in [1.165, 1.54) is 0 Å². The maximum Gasteiger partial charge on any atom is 0.225 e. The minimum Gasteiger partial charge on any atom is -0.368 e. The van der Waals surface area contributed by atoms with Crippen LogP contribution in [0, 0.1) is 13.8 Å². The molecular formula is C9H11N7. The van der Waals surface area contributed by atoms with Crippen LogP contribution < -0.4 is 11.5 Å². The molecule has 4 N–H and O–H groups in total. The van der Waals surface area contributed by atoms with E-state index in [0.29, 0.717) is 5.82 Å². The predicted molar refractivity (Wildman–Crippen MR) is 59.2 cm³/mol. The van der Waals surface area contributed by atoms with Crippen LogP contribution in [0.5, 0.6) is 0 Å². The lowest BCUT2D eigenvalue weighted by Gasteiger charge is -2.04. The molecule has 0 saturated heterocycles. The van der Waals surface area contributed by atoms with Crippen molar-refractivity contribution in [3.05, 3.63) is 17.5 Å². The van der Waals surface area contributed by atoms with E-state index in [4.69, 9.17) is 11.5 Å². The topological polar surface area (TPSA) is 116 Å². The summed E-state index contributed by atoms with van der Waals surface area (Å²) in [5.74, 6) is 0.605.